The number of nitrogens with zero attached hydrogens (tertiary/aromatic N) is 1. The van der Waals surface area contributed by atoms with Crippen molar-refractivity contribution in [2.45, 2.75) is 26.8 Å². The number of benzene rings is 1. The summed E-state index contributed by atoms with van der Waals surface area (Å²) in [4.78, 5) is 29.4. The topological polar surface area (TPSA) is 84.2 Å². The van der Waals surface area contributed by atoms with Crippen LogP contribution in [0.1, 0.15) is 30.0 Å². The van der Waals surface area contributed by atoms with Crippen molar-refractivity contribution in [2.24, 2.45) is 5.92 Å². The number of rotatable bonds is 5. The first-order chi connectivity index (χ1) is 12.5. The van der Waals surface area contributed by atoms with Crippen molar-refractivity contribution in [3.8, 4) is 0 Å². The summed E-state index contributed by atoms with van der Waals surface area (Å²) >= 11 is 0. The lowest BCUT2D eigenvalue weighted by Crippen LogP contribution is -2.47. The third-order valence-electron chi connectivity index (χ3n) is 4.21. The van der Waals surface area contributed by atoms with E-state index in [-0.39, 0.29) is 17.6 Å². The maximum absolute atomic E-state index is 12.8. The minimum Gasteiger partial charge on any atom is -0.459 e. The highest BCUT2D eigenvalue weighted by Gasteiger charge is 2.26. The lowest BCUT2D eigenvalue weighted by Gasteiger charge is -2.21. The molecule has 2 aromatic heterocycles. The Hall–Kier alpha value is -3.15. The molecule has 3 rings (SSSR count). The summed E-state index contributed by atoms with van der Waals surface area (Å²) in [6.07, 6.45) is 3.15. The molecule has 3 aromatic rings. The Morgan fingerprint density at radius 1 is 1.12 bits per heavy atom. The fourth-order valence-corrected chi connectivity index (χ4v) is 2.79. The van der Waals surface area contributed by atoms with Gasteiger partial charge in [0.1, 0.15) is 6.04 Å². The van der Waals surface area contributed by atoms with Crippen LogP contribution in [-0.4, -0.2) is 22.8 Å². The molecule has 1 aromatic carbocycles. The molecule has 134 valence electrons. The summed E-state index contributed by atoms with van der Waals surface area (Å²) in [5, 5.41) is 6.52. The van der Waals surface area contributed by atoms with Crippen LogP contribution in [-0.2, 0) is 4.79 Å². The first kappa shape index (κ1) is 17.7. The zero-order valence-corrected chi connectivity index (χ0v) is 14.9. The Morgan fingerprint density at radius 2 is 1.92 bits per heavy atom. The van der Waals surface area contributed by atoms with Crippen molar-refractivity contribution in [3.63, 3.8) is 0 Å². The largest absolute Gasteiger partial charge is 0.459 e. The third-order valence-corrected chi connectivity index (χ3v) is 4.21. The van der Waals surface area contributed by atoms with Gasteiger partial charge in [0.15, 0.2) is 5.76 Å². The van der Waals surface area contributed by atoms with Crippen LogP contribution in [0.3, 0.4) is 0 Å². The lowest BCUT2D eigenvalue weighted by molar-refractivity contribution is -0.118. The number of nitrogens with one attached hydrogen (secondary N) is 2. The van der Waals surface area contributed by atoms with E-state index < -0.39 is 11.9 Å². The average molecular weight is 351 g/mol. The van der Waals surface area contributed by atoms with Crippen molar-refractivity contribution >= 4 is 28.4 Å². The number of aromatic nitrogens is 1. The minimum atomic E-state index is -0.694. The lowest BCUT2D eigenvalue weighted by atomic mass is 10.0. The molecule has 0 spiro atoms. The highest BCUT2D eigenvalue weighted by Crippen LogP contribution is 2.25. The number of hydrogen-bond acceptors (Lipinski definition) is 4. The maximum atomic E-state index is 12.8. The van der Waals surface area contributed by atoms with E-state index in [1.807, 2.05) is 45.0 Å². The van der Waals surface area contributed by atoms with E-state index >= 15 is 0 Å². The summed E-state index contributed by atoms with van der Waals surface area (Å²) in [6, 6.07) is 10.0. The van der Waals surface area contributed by atoms with Crippen LogP contribution in [0.2, 0.25) is 0 Å². The Bertz CT molecular complexity index is 933. The van der Waals surface area contributed by atoms with Gasteiger partial charge in [0, 0.05) is 11.6 Å². The Balaban J connectivity index is 1.83. The summed E-state index contributed by atoms with van der Waals surface area (Å²) < 4.78 is 5.09. The molecular formula is C20H21N3O3. The van der Waals surface area contributed by atoms with Crippen LogP contribution in [0.25, 0.3) is 10.9 Å². The highest BCUT2D eigenvalue weighted by atomic mass is 16.3. The minimum absolute atomic E-state index is 0.0938. The predicted octanol–water partition coefficient (Wildman–Crippen LogP) is 3.53. The number of fused-ring (bicyclic) bond motifs is 1. The number of aryl methyl sites for hydroxylation is 1. The van der Waals surface area contributed by atoms with Crippen molar-refractivity contribution in [1.29, 1.82) is 0 Å². The van der Waals surface area contributed by atoms with Gasteiger partial charge >= 0.3 is 0 Å². The molecule has 1 atom stereocenters. The normalized spacial score (nSPS) is 12.2. The van der Waals surface area contributed by atoms with Crippen molar-refractivity contribution in [1.82, 2.24) is 10.3 Å². The Morgan fingerprint density at radius 3 is 2.62 bits per heavy atom. The average Bonchev–Trinajstić information content (AvgIpc) is 3.16. The fourth-order valence-electron chi connectivity index (χ4n) is 2.79. The van der Waals surface area contributed by atoms with Gasteiger partial charge in [-0.3, -0.25) is 14.6 Å². The fraction of sp³-hybridized carbons (Fsp3) is 0.250. The van der Waals surface area contributed by atoms with E-state index in [0.717, 1.165) is 16.5 Å². The molecule has 26 heavy (non-hydrogen) atoms. The van der Waals surface area contributed by atoms with E-state index in [9.17, 15) is 9.59 Å². The Labute approximate surface area is 151 Å². The zero-order valence-electron chi connectivity index (χ0n) is 14.9. The SMILES string of the molecule is Cc1ccc(NC(=O)C(NC(=O)c2ccco2)C(C)C)c2cccnc12. The van der Waals surface area contributed by atoms with Crippen molar-refractivity contribution in [3.05, 3.63) is 60.2 Å². The smallest absolute Gasteiger partial charge is 0.287 e. The van der Waals surface area contributed by atoms with Crippen LogP contribution < -0.4 is 10.6 Å². The van der Waals surface area contributed by atoms with Gasteiger partial charge in [0.05, 0.1) is 17.5 Å². The zero-order chi connectivity index (χ0) is 18.7. The van der Waals surface area contributed by atoms with E-state index in [2.05, 4.69) is 15.6 Å². The third kappa shape index (κ3) is 3.59. The van der Waals surface area contributed by atoms with Crippen LogP contribution in [0.5, 0.6) is 0 Å². The number of carbonyl (C=O) groups is 2. The van der Waals surface area contributed by atoms with Crippen molar-refractivity contribution in [2.75, 3.05) is 5.32 Å². The second-order valence-electron chi connectivity index (χ2n) is 6.49. The second-order valence-corrected chi connectivity index (χ2v) is 6.49. The van der Waals surface area contributed by atoms with Crippen LogP contribution in [0.4, 0.5) is 5.69 Å². The molecule has 0 saturated heterocycles. The molecule has 0 fully saturated rings. The van der Waals surface area contributed by atoms with Gasteiger partial charge in [-0.05, 0) is 48.7 Å². The molecule has 1 unspecified atom stereocenters. The number of furan rings is 1. The maximum Gasteiger partial charge on any atom is 0.287 e. The standard InChI is InChI=1S/C20H21N3O3/c1-12(2)17(23-19(24)16-7-5-11-26-16)20(25)22-15-9-8-13(3)18-14(15)6-4-10-21-18/h4-12,17H,1-3H3,(H,22,25)(H,23,24). The highest BCUT2D eigenvalue weighted by molar-refractivity contribution is 6.05. The first-order valence-corrected chi connectivity index (χ1v) is 8.47. The summed E-state index contributed by atoms with van der Waals surface area (Å²) in [5.41, 5.74) is 2.54. The molecule has 6 heteroatoms. The molecule has 0 saturated carbocycles. The number of amides is 2. The van der Waals surface area contributed by atoms with Gasteiger partial charge in [-0.2, -0.15) is 0 Å². The number of anilines is 1. The molecule has 0 aliphatic carbocycles. The second kappa shape index (κ2) is 7.39. The molecule has 6 nitrogen and oxygen atoms in total. The monoisotopic (exact) mass is 351 g/mol. The molecule has 2 heterocycles. The van der Waals surface area contributed by atoms with Crippen LogP contribution in [0, 0.1) is 12.8 Å². The van der Waals surface area contributed by atoms with Gasteiger partial charge in [0.25, 0.3) is 5.91 Å². The van der Waals surface area contributed by atoms with E-state index in [1.165, 1.54) is 6.26 Å². The van der Waals surface area contributed by atoms with Crippen LogP contribution in [0.15, 0.2) is 53.3 Å². The number of hydrogen-bond donors (Lipinski definition) is 2. The molecule has 2 amide bonds. The quantitative estimate of drug-likeness (QED) is 0.736. The number of pyridine rings is 1. The summed E-state index contributed by atoms with van der Waals surface area (Å²) in [7, 11) is 0. The molecule has 0 bridgehead atoms. The van der Waals surface area contributed by atoms with Gasteiger partial charge in [-0.1, -0.05) is 19.9 Å². The molecule has 0 aliphatic heterocycles. The van der Waals surface area contributed by atoms with Gasteiger partial charge in [0.2, 0.25) is 5.91 Å². The molecule has 2 N–H and O–H groups in total. The van der Waals surface area contributed by atoms with E-state index in [4.69, 9.17) is 4.42 Å². The first-order valence-electron chi connectivity index (χ1n) is 8.47. The Kier molecular flexibility index (Phi) is 5.02. The summed E-state index contributed by atoms with van der Waals surface area (Å²) in [5.74, 6) is -0.620. The van der Waals surface area contributed by atoms with Gasteiger partial charge < -0.3 is 15.1 Å². The van der Waals surface area contributed by atoms with Gasteiger partial charge in [-0.25, -0.2) is 0 Å². The molecule has 0 radical (unpaired) electrons. The predicted molar refractivity (Wildman–Crippen MR) is 99.9 cm³/mol. The van der Waals surface area contributed by atoms with E-state index in [0.29, 0.717) is 5.69 Å². The summed E-state index contributed by atoms with van der Waals surface area (Å²) in [6.45, 7) is 5.73. The van der Waals surface area contributed by atoms with Crippen molar-refractivity contribution < 1.29 is 14.0 Å². The number of carbonyl (C=O) groups excluding carboxylic acids is 2. The molecular weight excluding hydrogens is 330 g/mol. The van der Waals surface area contributed by atoms with Gasteiger partial charge in [-0.15, -0.1) is 0 Å². The van der Waals surface area contributed by atoms with Crippen LogP contribution >= 0.6 is 0 Å². The van der Waals surface area contributed by atoms with E-state index in [1.54, 1.807) is 18.3 Å². The molecule has 0 aliphatic rings.